The Morgan fingerprint density at radius 2 is 1.58 bits per heavy atom. The quantitative estimate of drug-likeness (QED) is 0.821. The molecule has 5 nitrogen and oxygen atoms in total. The normalized spacial score (nSPS) is 22.4. The Hall–Kier alpha value is -2.18. The maximum absolute atomic E-state index is 13.2. The van der Waals surface area contributed by atoms with Gasteiger partial charge in [-0.15, -0.1) is 0 Å². The SMILES string of the molecule is COc1ccc([C@H]2OC(C)(C)C(=O)[C@@H]2S(=O)(=O)c2ccc(C)cc2)cc1. The molecule has 1 aliphatic rings. The van der Waals surface area contributed by atoms with E-state index in [2.05, 4.69) is 0 Å². The lowest BCUT2D eigenvalue weighted by Gasteiger charge is -2.19. The van der Waals surface area contributed by atoms with Gasteiger partial charge in [0.2, 0.25) is 0 Å². The zero-order valence-corrected chi connectivity index (χ0v) is 16.0. The number of hydrogen-bond donors (Lipinski definition) is 0. The Kier molecular flexibility index (Phi) is 4.67. The van der Waals surface area contributed by atoms with Gasteiger partial charge in [-0.25, -0.2) is 8.42 Å². The van der Waals surface area contributed by atoms with Crippen LogP contribution in [0, 0.1) is 6.92 Å². The molecular weight excluding hydrogens is 352 g/mol. The summed E-state index contributed by atoms with van der Waals surface area (Å²) in [7, 11) is -2.34. The molecule has 0 aliphatic carbocycles. The topological polar surface area (TPSA) is 69.7 Å². The fourth-order valence-corrected chi connectivity index (χ4v) is 5.04. The number of hydrogen-bond acceptors (Lipinski definition) is 5. The number of ether oxygens (including phenoxy) is 2. The summed E-state index contributed by atoms with van der Waals surface area (Å²) in [4.78, 5) is 13.0. The van der Waals surface area contributed by atoms with E-state index in [1.807, 2.05) is 6.92 Å². The van der Waals surface area contributed by atoms with Crippen LogP contribution in [0.2, 0.25) is 0 Å². The Morgan fingerprint density at radius 1 is 1.00 bits per heavy atom. The molecule has 1 heterocycles. The van der Waals surface area contributed by atoms with Crippen LogP contribution < -0.4 is 4.74 Å². The molecule has 0 saturated carbocycles. The van der Waals surface area contributed by atoms with E-state index in [-0.39, 0.29) is 4.90 Å². The van der Waals surface area contributed by atoms with E-state index >= 15 is 0 Å². The Balaban J connectivity index is 2.08. The molecule has 0 amide bonds. The number of sulfone groups is 1. The molecule has 6 heteroatoms. The summed E-state index contributed by atoms with van der Waals surface area (Å²) in [5.41, 5.74) is 0.405. The monoisotopic (exact) mass is 374 g/mol. The van der Waals surface area contributed by atoms with Crippen molar-refractivity contribution >= 4 is 15.6 Å². The van der Waals surface area contributed by atoms with Crippen molar-refractivity contribution in [1.82, 2.24) is 0 Å². The van der Waals surface area contributed by atoms with Gasteiger partial charge in [-0.3, -0.25) is 4.79 Å². The molecule has 1 aliphatic heterocycles. The molecule has 0 aromatic heterocycles. The molecule has 2 atom stereocenters. The summed E-state index contributed by atoms with van der Waals surface area (Å²) in [6.45, 7) is 5.09. The van der Waals surface area contributed by atoms with Crippen molar-refractivity contribution < 1.29 is 22.7 Å². The van der Waals surface area contributed by atoms with Crippen molar-refractivity contribution in [3.8, 4) is 5.75 Å². The average molecular weight is 374 g/mol. The number of rotatable bonds is 4. The van der Waals surface area contributed by atoms with Crippen molar-refractivity contribution in [3.63, 3.8) is 0 Å². The first-order valence-corrected chi connectivity index (χ1v) is 9.88. The number of benzene rings is 2. The zero-order chi connectivity index (χ0) is 19.1. The molecule has 0 radical (unpaired) electrons. The highest BCUT2D eigenvalue weighted by atomic mass is 32.2. The van der Waals surface area contributed by atoms with Crippen LogP contribution >= 0.6 is 0 Å². The standard InChI is InChI=1S/C20H22O5S/c1-13-5-11-16(12-6-13)26(22,23)18-17(25-20(2,3)19(18)21)14-7-9-15(24-4)10-8-14/h5-12,17-18H,1-4H3/t17-,18-/m1/s1. The lowest BCUT2D eigenvalue weighted by Crippen LogP contribution is -2.37. The minimum Gasteiger partial charge on any atom is -0.497 e. The van der Waals surface area contributed by atoms with Gasteiger partial charge in [-0.1, -0.05) is 29.8 Å². The van der Waals surface area contributed by atoms with E-state index in [0.29, 0.717) is 11.3 Å². The van der Waals surface area contributed by atoms with Crippen LogP contribution in [-0.4, -0.2) is 32.2 Å². The first kappa shape index (κ1) is 18.6. The zero-order valence-electron chi connectivity index (χ0n) is 15.2. The number of aryl methyl sites for hydroxylation is 1. The van der Waals surface area contributed by atoms with Crippen molar-refractivity contribution in [2.75, 3.05) is 7.11 Å². The smallest absolute Gasteiger partial charge is 0.191 e. The number of Topliss-reactive ketones (excluding diaryl/α,β-unsaturated/α-hetero) is 1. The third kappa shape index (κ3) is 3.15. The van der Waals surface area contributed by atoms with Gasteiger partial charge in [0, 0.05) is 0 Å². The second kappa shape index (κ2) is 6.52. The summed E-state index contributed by atoms with van der Waals surface area (Å²) in [5.74, 6) is 0.217. The summed E-state index contributed by atoms with van der Waals surface area (Å²) in [6, 6.07) is 13.4. The lowest BCUT2D eigenvalue weighted by atomic mass is 10.0. The molecule has 0 spiro atoms. The van der Waals surface area contributed by atoms with Gasteiger partial charge in [-0.2, -0.15) is 0 Å². The van der Waals surface area contributed by atoms with Crippen LogP contribution in [0.1, 0.15) is 31.1 Å². The van der Waals surface area contributed by atoms with E-state index in [1.165, 1.54) is 12.1 Å². The third-order valence-corrected chi connectivity index (χ3v) is 6.74. The molecule has 0 bridgehead atoms. The van der Waals surface area contributed by atoms with Gasteiger partial charge in [0.1, 0.15) is 17.5 Å². The molecule has 2 aromatic carbocycles. The summed E-state index contributed by atoms with van der Waals surface area (Å²) in [6.07, 6.45) is -0.866. The summed E-state index contributed by atoms with van der Waals surface area (Å²) in [5, 5.41) is -1.28. The molecule has 1 saturated heterocycles. The maximum Gasteiger partial charge on any atom is 0.191 e. The van der Waals surface area contributed by atoms with Gasteiger partial charge < -0.3 is 9.47 Å². The van der Waals surface area contributed by atoms with Crippen LogP contribution in [0.15, 0.2) is 53.4 Å². The van der Waals surface area contributed by atoms with Gasteiger partial charge in [0.15, 0.2) is 20.9 Å². The number of methoxy groups -OCH3 is 1. The van der Waals surface area contributed by atoms with Gasteiger partial charge in [0.05, 0.1) is 12.0 Å². The molecule has 1 fully saturated rings. The number of carbonyl (C=O) groups is 1. The van der Waals surface area contributed by atoms with E-state index < -0.39 is 32.6 Å². The largest absolute Gasteiger partial charge is 0.497 e. The lowest BCUT2D eigenvalue weighted by molar-refractivity contribution is -0.129. The van der Waals surface area contributed by atoms with Crippen molar-refractivity contribution in [1.29, 1.82) is 0 Å². The second-order valence-electron chi connectivity index (χ2n) is 6.96. The van der Waals surface area contributed by atoms with Crippen LogP contribution in [-0.2, 0) is 19.4 Å². The predicted molar refractivity (Wildman–Crippen MR) is 98.1 cm³/mol. The van der Waals surface area contributed by atoms with Gasteiger partial charge in [-0.05, 0) is 50.6 Å². The minimum absolute atomic E-state index is 0.126. The van der Waals surface area contributed by atoms with Crippen molar-refractivity contribution in [2.45, 2.75) is 42.6 Å². The van der Waals surface area contributed by atoms with Crippen molar-refractivity contribution in [2.24, 2.45) is 0 Å². The predicted octanol–water partition coefficient (Wildman–Crippen LogP) is 3.27. The summed E-state index contributed by atoms with van der Waals surface area (Å²) >= 11 is 0. The molecule has 26 heavy (non-hydrogen) atoms. The molecule has 0 N–H and O–H groups in total. The van der Waals surface area contributed by atoms with Crippen LogP contribution in [0.5, 0.6) is 5.75 Å². The number of carbonyl (C=O) groups excluding carboxylic acids is 1. The van der Waals surface area contributed by atoms with E-state index in [4.69, 9.17) is 9.47 Å². The first-order chi connectivity index (χ1) is 12.2. The number of ketones is 1. The Labute approximate surface area is 153 Å². The fraction of sp³-hybridized carbons (Fsp3) is 0.350. The highest BCUT2D eigenvalue weighted by Crippen LogP contribution is 2.42. The van der Waals surface area contributed by atoms with Gasteiger partial charge >= 0.3 is 0 Å². The minimum atomic E-state index is -3.89. The second-order valence-corrected chi connectivity index (χ2v) is 9.03. The van der Waals surface area contributed by atoms with Gasteiger partial charge in [0.25, 0.3) is 0 Å². The molecule has 0 unspecified atom stereocenters. The van der Waals surface area contributed by atoms with E-state index in [1.54, 1.807) is 57.4 Å². The Morgan fingerprint density at radius 3 is 2.12 bits per heavy atom. The molecule has 138 valence electrons. The highest BCUT2D eigenvalue weighted by Gasteiger charge is 2.55. The summed E-state index contributed by atoms with van der Waals surface area (Å²) < 4.78 is 37.5. The first-order valence-electron chi connectivity index (χ1n) is 8.33. The molecule has 2 aromatic rings. The average Bonchev–Trinajstić information content (AvgIpc) is 2.85. The van der Waals surface area contributed by atoms with Crippen LogP contribution in [0.4, 0.5) is 0 Å². The maximum atomic E-state index is 13.2. The van der Waals surface area contributed by atoms with E-state index in [9.17, 15) is 13.2 Å². The fourth-order valence-electron chi connectivity index (χ4n) is 3.13. The van der Waals surface area contributed by atoms with E-state index in [0.717, 1.165) is 5.56 Å². The van der Waals surface area contributed by atoms with Crippen molar-refractivity contribution in [3.05, 3.63) is 59.7 Å². The van der Waals surface area contributed by atoms with Crippen LogP contribution in [0.25, 0.3) is 0 Å². The van der Waals surface area contributed by atoms with Crippen LogP contribution in [0.3, 0.4) is 0 Å². The molecular formula is C20H22O5S. The Bertz CT molecular complexity index is 912. The third-order valence-electron chi connectivity index (χ3n) is 4.68. The highest BCUT2D eigenvalue weighted by molar-refractivity contribution is 7.93. The molecule has 3 rings (SSSR count).